The average Bonchev–Trinajstić information content (AvgIpc) is 3.41. The standard InChI is InChI=1S/C22H29F2N3O5/c1-12(26-21(28)32-22(2,3)4)18-15(10-25)27-19(31-18)14-7-8-16(30-20(23)24)17(9-14)29-11-13-5-6-13/h7-9,12-13,20H,5-6,10-11,25H2,1-4H3,(H,26,28). The lowest BCUT2D eigenvalue weighted by atomic mass is 10.2. The molecule has 1 heterocycles. The number of benzene rings is 1. The third-order valence-electron chi connectivity index (χ3n) is 4.63. The number of ether oxygens (including phenoxy) is 3. The summed E-state index contributed by atoms with van der Waals surface area (Å²) in [5, 5.41) is 2.70. The summed E-state index contributed by atoms with van der Waals surface area (Å²) in [6.07, 6.45) is 1.50. The molecule has 0 saturated heterocycles. The number of carbonyl (C=O) groups excluding carboxylic acids is 1. The van der Waals surface area contributed by atoms with E-state index < -0.39 is 24.3 Å². The van der Waals surface area contributed by atoms with Crippen molar-refractivity contribution < 1.29 is 32.2 Å². The Hall–Kier alpha value is -2.88. The van der Waals surface area contributed by atoms with Gasteiger partial charge in [-0.05, 0) is 64.7 Å². The summed E-state index contributed by atoms with van der Waals surface area (Å²) in [6.45, 7) is 4.54. The third kappa shape index (κ3) is 6.56. The minimum absolute atomic E-state index is 0.0600. The van der Waals surface area contributed by atoms with Crippen molar-refractivity contribution in [3.8, 4) is 23.0 Å². The first-order chi connectivity index (χ1) is 15.1. The highest BCUT2D eigenvalue weighted by Crippen LogP contribution is 2.37. The van der Waals surface area contributed by atoms with Gasteiger partial charge < -0.3 is 29.7 Å². The molecule has 1 aromatic carbocycles. The van der Waals surface area contributed by atoms with Gasteiger partial charge in [0.05, 0.1) is 18.3 Å². The van der Waals surface area contributed by atoms with Gasteiger partial charge in [0.15, 0.2) is 17.3 Å². The molecular weight excluding hydrogens is 424 g/mol. The van der Waals surface area contributed by atoms with Gasteiger partial charge >= 0.3 is 12.7 Å². The second-order valence-corrected chi connectivity index (χ2v) is 8.70. The molecule has 3 rings (SSSR count). The Morgan fingerprint density at radius 2 is 2.03 bits per heavy atom. The van der Waals surface area contributed by atoms with Crippen molar-refractivity contribution in [2.45, 2.75) is 65.3 Å². The maximum Gasteiger partial charge on any atom is 0.408 e. The summed E-state index contributed by atoms with van der Waals surface area (Å²) >= 11 is 0. The van der Waals surface area contributed by atoms with Crippen molar-refractivity contribution >= 4 is 6.09 Å². The number of aromatic nitrogens is 1. The molecule has 10 heteroatoms. The van der Waals surface area contributed by atoms with Crippen LogP contribution in [0, 0.1) is 5.92 Å². The molecule has 0 spiro atoms. The fourth-order valence-corrected chi connectivity index (χ4v) is 2.96. The highest BCUT2D eigenvalue weighted by atomic mass is 19.3. The van der Waals surface area contributed by atoms with Crippen molar-refractivity contribution in [3.63, 3.8) is 0 Å². The van der Waals surface area contributed by atoms with E-state index in [0.29, 0.717) is 29.5 Å². The molecule has 1 atom stereocenters. The molecule has 1 unspecified atom stereocenters. The van der Waals surface area contributed by atoms with E-state index in [9.17, 15) is 13.6 Å². The van der Waals surface area contributed by atoms with Crippen molar-refractivity contribution in [2.24, 2.45) is 11.7 Å². The number of rotatable bonds is 9. The molecule has 2 aromatic rings. The number of nitrogens with zero attached hydrogens (tertiary/aromatic N) is 1. The number of halogens is 2. The number of alkyl halides is 2. The molecular formula is C22H29F2N3O5. The van der Waals surface area contributed by atoms with Gasteiger partial charge in [0, 0.05) is 12.1 Å². The van der Waals surface area contributed by atoms with E-state index in [1.165, 1.54) is 6.07 Å². The predicted octanol–water partition coefficient (Wildman–Crippen LogP) is 4.78. The molecule has 8 nitrogen and oxygen atoms in total. The molecule has 1 fully saturated rings. The highest BCUT2D eigenvalue weighted by Gasteiger charge is 2.25. The molecule has 0 bridgehead atoms. The van der Waals surface area contributed by atoms with E-state index in [4.69, 9.17) is 19.6 Å². The van der Waals surface area contributed by atoms with Crippen molar-refractivity contribution in [2.75, 3.05) is 6.61 Å². The molecule has 176 valence electrons. The summed E-state index contributed by atoms with van der Waals surface area (Å²) in [5.74, 6) is 1.15. The number of hydrogen-bond donors (Lipinski definition) is 2. The van der Waals surface area contributed by atoms with Crippen LogP contribution in [0.5, 0.6) is 11.5 Å². The number of nitrogens with two attached hydrogens (primary N) is 1. The molecule has 1 amide bonds. The summed E-state index contributed by atoms with van der Waals surface area (Å²) < 4.78 is 47.0. The number of alkyl carbamates (subject to hydrolysis) is 1. The zero-order valence-electron chi connectivity index (χ0n) is 18.6. The first-order valence-electron chi connectivity index (χ1n) is 10.5. The summed E-state index contributed by atoms with van der Waals surface area (Å²) in [4.78, 5) is 16.5. The molecule has 0 radical (unpaired) electrons. The number of amides is 1. The van der Waals surface area contributed by atoms with E-state index in [-0.39, 0.29) is 23.9 Å². The molecule has 1 aliphatic carbocycles. The molecule has 32 heavy (non-hydrogen) atoms. The predicted molar refractivity (Wildman–Crippen MR) is 112 cm³/mol. The molecule has 1 aromatic heterocycles. The van der Waals surface area contributed by atoms with E-state index >= 15 is 0 Å². The van der Waals surface area contributed by atoms with Crippen LogP contribution in [-0.4, -0.2) is 29.9 Å². The SMILES string of the molecule is CC(NC(=O)OC(C)(C)C)c1oc(-c2ccc(OC(F)F)c(OCC3CC3)c2)nc1CN. The van der Waals surface area contributed by atoms with Gasteiger partial charge in [-0.1, -0.05) is 0 Å². The Balaban J connectivity index is 1.83. The third-order valence-corrected chi connectivity index (χ3v) is 4.63. The lowest BCUT2D eigenvalue weighted by molar-refractivity contribution is -0.0515. The van der Waals surface area contributed by atoms with Gasteiger partial charge in [-0.15, -0.1) is 0 Å². The van der Waals surface area contributed by atoms with Gasteiger partial charge in [0.1, 0.15) is 5.60 Å². The van der Waals surface area contributed by atoms with Gasteiger partial charge in [-0.3, -0.25) is 0 Å². The second kappa shape index (κ2) is 9.72. The number of carbonyl (C=O) groups is 1. The van der Waals surface area contributed by atoms with Gasteiger partial charge in [-0.2, -0.15) is 8.78 Å². The first kappa shape index (κ1) is 23.8. The van der Waals surface area contributed by atoms with E-state index in [1.54, 1.807) is 39.8 Å². The van der Waals surface area contributed by atoms with Crippen molar-refractivity contribution in [3.05, 3.63) is 29.7 Å². The van der Waals surface area contributed by atoms with Crippen LogP contribution in [0.25, 0.3) is 11.5 Å². The van der Waals surface area contributed by atoms with Gasteiger partial charge in [0.2, 0.25) is 5.89 Å². The lowest BCUT2D eigenvalue weighted by Gasteiger charge is -2.21. The summed E-state index contributed by atoms with van der Waals surface area (Å²) in [7, 11) is 0. The highest BCUT2D eigenvalue weighted by molar-refractivity contribution is 5.68. The van der Waals surface area contributed by atoms with Crippen LogP contribution in [-0.2, 0) is 11.3 Å². The van der Waals surface area contributed by atoms with E-state index in [2.05, 4.69) is 15.0 Å². The zero-order chi connectivity index (χ0) is 23.5. The van der Waals surface area contributed by atoms with Crippen LogP contribution in [0.1, 0.15) is 58.0 Å². The first-order valence-corrected chi connectivity index (χ1v) is 10.5. The van der Waals surface area contributed by atoms with Crippen LogP contribution >= 0.6 is 0 Å². The normalized spacial score (nSPS) is 14.9. The Bertz CT molecular complexity index is 938. The Labute approximate surface area is 185 Å². The average molecular weight is 453 g/mol. The maximum absolute atomic E-state index is 12.8. The van der Waals surface area contributed by atoms with Crippen LogP contribution in [0.3, 0.4) is 0 Å². The summed E-state index contributed by atoms with van der Waals surface area (Å²) in [5.41, 5.74) is 6.13. The van der Waals surface area contributed by atoms with Gasteiger partial charge in [-0.25, -0.2) is 9.78 Å². The fraction of sp³-hybridized carbons (Fsp3) is 0.545. The fourth-order valence-electron chi connectivity index (χ4n) is 2.96. The smallest absolute Gasteiger partial charge is 0.408 e. The largest absolute Gasteiger partial charge is 0.489 e. The van der Waals surface area contributed by atoms with E-state index in [0.717, 1.165) is 12.8 Å². The van der Waals surface area contributed by atoms with Crippen LogP contribution in [0.15, 0.2) is 22.6 Å². The second-order valence-electron chi connectivity index (χ2n) is 8.70. The Morgan fingerprint density at radius 1 is 1.31 bits per heavy atom. The molecule has 0 aliphatic heterocycles. The molecule has 3 N–H and O–H groups in total. The lowest BCUT2D eigenvalue weighted by Crippen LogP contribution is -2.34. The molecule has 1 saturated carbocycles. The van der Waals surface area contributed by atoms with E-state index in [1.807, 2.05) is 0 Å². The zero-order valence-corrected chi connectivity index (χ0v) is 18.6. The quantitative estimate of drug-likeness (QED) is 0.563. The topological polar surface area (TPSA) is 109 Å². The monoisotopic (exact) mass is 453 g/mol. The minimum Gasteiger partial charge on any atom is -0.489 e. The van der Waals surface area contributed by atoms with Crippen molar-refractivity contribution in [1.29, 1.82) is 0 Å². The number of oxazole rings is 1. The van der Waals surface area contributed by atoms with Crippen LogP contribution in [0.4, 0.5) is 13.6 Å². The Kier molecular flexibility index (Phi) is 7.22. The van der Waals surface area contributed by atoms with Crippen LogP contribution < -0.4 is 20.5 Å². The number of hydrogen-bond acceptors (Lipinski definition) is 7. The number of nitrogens with one attached hydrogen (secondary N) is 1. The maximum atomic E-state index is 12.8. The minimum atomic E-state index is -2.97. The summed E-state index contributed by atoms with van der Waals surface area (Å²) in [6, 6.07) is 3.92. The molecule has 1 aliphatic rings. The Morgan fingerprint density at radius 3 is 2.62 bits per heavy atom. The van der Waals surface area contributed by atoms with Crippen LogP contribution in [0.2, 0.25) is 0 Å². The van der Waals surface area contributed by atoms with Gasteiger partial charge in [0.25, 0.3) is 0 Å². The van der Waals surface area contributed by atoms with Crippen molar-refractivity contribution in [1.82, 2.24) is 10.3 Å².